The van der Waals surface area contributed by atoms with Gasteiger partial charge in [-0.3, -0.25) is 9.59 Å². The molecule has 0 aliphatic carbocycles. The monoisotopic (exact) mass is 543 g/mol. The molecule has 0 unspecified atom stereocenters. The fourth-order valence-electron chi connectivity index (χ4n) is 4.23. The fourth-order valence-corrected chi connectivity index (χ4v) is 4.23. The van der Waals surface area contributed by atoms with Gasteiger partial charge in [-0.15, -0.1) is 0 Å². The predicted octanol–water partition coefficient (Wildman–Crippen LogP) is 3.74. The van der Waals surface area contributed by atoms with E-state index in [2.05, 4.69) is 32.8 Å². The van der Waals surface area contributed by atoms with Crippen LogP contribution in [-0.2, 0) is 27.4 Å². The van der Waals surface area contributed by atoms with E-state index in [4.69, 9.17) is 9.84 Å². The SMILES string of the molecule is O=C(O)CC(=O)Nc1ccc(NCC#Cc2cc3cc(CNC4CCOCC4)ccc3n2CC(F)(F)F)cn1. The molecule has 39 heavy (non-hydrogen) atoms. The third-order valence-corrected chi connectivity index (χ3v) is 6.06. The number of pyridine rings is 1. The van der Waals surface area contributed by atoms with Crippen molar-refractivity contribution in [1.29, 1.82) is 0 Å². The van der Waals surface area contributed by atoms with Crippen LogP contribution in [0.4, 0.5) is 24.7 Å². The number of hydrogen-bond donors (Lipinski definition) is 4. The summed E-state index contributed by atoms with van der Waals surface area (Å²) in [5, 5.41) is 18.2. The number of aliphatic carboxylic acids is 1. The number of hydrogen-bond acceptors (Lipinski definition) is 6. The summed E-state index contributed by atoms with van der Waals surface area (Å²) in [6, 6.07) is 10.6. The molecule has 0 atom stereocenters. The molecule has 3 heterocycles. The standard InChI is InChI=1S/C27H28F3N5O4/c28-27(29,30)17-35-22(2-1-9-31-21-4-6-24(33-16-21)34-25(36)14-26(37)38)13-19-12-18(3-5-23(19)35)15-32-20-7-10-39-11-8-20/h3-6,12-13,16,20,31-32H,7-11,14-15,17H2,(H,37,38)(H,33,34,36). The van der Waals surface area contributed by atoms with Crippen molar-refractivity contribution in [3.63, 3.8) is 0 Å². The van der Waals surface area contributed by atoms with Crippen molar-refractivity contribution in [3.8, 4) is 11.8 Å². The molecule has 4 rings (SSSR count). The van der Waals surface area contributed by atoms with Crippen LogP contribution >= 0.6 is 0 Å². The number of rotatable bonds is 9. The molecule has 1 amide bonds. The van der Waals surface area contributed by atoms with Crippen molar-refractivity contribution < 1.29 is 32.6 Å². The number of carboxylic acids is 1. The first-order valence-electron chi connectivity index (χ1n) is 12.4. The lowest BCUT2D eigenvalue weighted by molar-refractivity contribution is -0.141. The van der Waals surface area contributed by atoms with Crippen LogP contribution in [0.25, 0.3) is 10.9 Å². The summed E-state index contributed by atoms with van der Waals surface area (Å²) in [7, 11) is 0. The second kappa shape index (κ2) is 12.6. The van der Waals surface area contributed by atoms with Gasteiger partial charge >= 0.3 is 12.1 Å². The van der Waals surface area contributed by atoms with Gasteiger partial charge < -0.3 is 30.4 Å². The lowest BCUT2D eigenvalue weighted by Crippen LogP contribution is -2.34. The molecule has 0 spiro atoms. The van der Waals surface area contributed by atoms with Crippen molar-refractivity contribution in [2.24, 2.45) is 0 Å². The van der Waals surface area contributed by atoms with Gasteiger partial charge in [0.15, 0.2) is 0 Å². The summed E-state index contributed by atoms with van der Waals surface area (Å²) in [4.78, 5) is 26.1. The minimum atomic E-state index is -4.41. The third-order valence-electron chi connectivity index (χ3n) is 6.06. The molecule has 3 aromatic rings. The Bertz CT molecular complexity index is 1370. The van der Waals surface area contributed by atoms with Crippen LogP contribution in [-0.4, -0.2) is 58.5 Å². The van der Waals surface area contributed by atoms with Gasteiger partial charge in [0.1, 0.15) is 18.8 Å². The topological polar surface area (TPSA) is 118 Å². The van der Waals surface area contributed by atoms with Gasteiger partial charge in [-0.25, -0.2) is 4.98 Å². The largest absolute Gasteiger partial charge is 0.481 e. The van der Waals surface area contributed by atoms with Gasteiger partial charge in [0.2, 0.25) is 5.91 Å². The summed E-state index contributed by atoms with van der Waals surface area (Å²) in [5.74, 6) is 3.94. The van der Waals surface area contributed by atoms with Crippen molar-refractivity contribution >= 4 is 34.3 Å². The van der Waals surface area contributed by atoms with Crippen molar-refractivity contribution in [3.05, 3.63) is 53.9 Å². The number of nitrogens with zero attached hydrogens (tertiary/aromatic N) is 2. The Morgan fingerprint density at radius 2 is 1.95 bits per heavy atom. The molecule has 206 valence electrons. The molecule has 4 N–H and O–H groups in total. The Morgan fingerprint density at radius 1 is 1.15 bits per heavy atom. The third kappa shape index (κ3) is 8.46. The van der Waals surface area contributed by atoms with Crippen LogP contribution in [0.15, 0.2) is 42.6 Å². The molecule has 2 aromatic heterocycles. The normalized spacial score (nSPS) is 14.0. The smallest absolute Gasteiger partial charge is 0.406 e. The highest BCUT2D eigenvalue weighted by Gasteiger charge is 2.29. The second-order valence-corrected chi connectivity index (χ2v) is 9.10. The molecule has 0 bridgehead atoms. The van der Waals surface area contributed by atoms with Crippen molar-refractivity contribution in [1.82, 2.24) is 14.9 Å². The van der Waals surface area contributed by atoms with E-state index in [-0.39, 0.29) is 18.1 Å². The molecule has 9 nitrogen and oxygen atoms in total. The lowest BCUT2D eigenvalue weighted by atomic mass is 10.1. The molecule has 1 saturated heterocycles. The second-order valence-electron chi connectivity index (χ2n) is 9.10. The number of anilines is 2. The Morgan fingerprint density at radius 3 is 2.64 bits per heavy atom. The Hall–Kier alpha value is -4.08. The van der Waals surface area contributed by atoms with E-state index in [1.165, 1.54) is 16.8 Å². The van der Waals surface area contributed by atoms with E-state index in [9.17, 15) is 22.8 Å². The van der Waals surface area contributed by atoms with E-state index < -0.39 is 31.0 Å². The van der Waals surface area contributed by atoms with Crippen LogP contribution in [0, 0.1) is 11.8 Å². The van der Waals surface area contributed by atoms with Gasteiger partial charge in [-0.2, -0.15) is 13.2 Å². The van der Waals surface area contributed by atoms with Crippen LogP contribution in [0.5, 0.6) is 0 Å². The van der Waals surface area contributed by atoms with Gasteiger partial charge in [-0.1, -0.05) is 12.0 Å². The summed E-state index contributed by atoms with van der Waals surface area (Å²) >= 11 is 0. The molecule has 0 saturated carbocycles. The Labute approximate surface area is 222 Å². The van der Waals surface area contributed by atoms with Gasteiger partial charge in [-0.05, 0) is 54.7 Å². The minimum Gasteiger partial charge on any atom is -0.481 e. The van der Waals surface area contributed by atoms with Crippen molar-refractivity contribution in [2.45, 2.75) is 44.6 Å². The van der Waals surface area contributed by atoms with E-state index in [1.54, 1.807) is 18.2 Å². The average Bonchev–Trinajstić information content (AvgIpc) is 3.21. The van der Waals surface area contributed by atoms with Gasteiger partial charge in [0.05, 0.1) is 24.1 Å². The quantitative estimate of drug-likeness (QED) is 0.240. The van der Waals surface area contributed by atoms with Crippen LogP contribution < -0.4 is 16.0 Å². The van der Waals surface area contributed by atoms with Gasteiger partial charge in [0, 0.05) is 36.7 Å². The molecule has 1 aromatic carbocycles. The number of alkyl halides is 3. The number of amides is 1. The summed E-state index contributed by atoms with van der Waals surface area (Å²) in [6.07, 6.45) is -1.79. The minimum absolute atomic E-state index is 0.139. The van der Waals surface area contributed by atoms with E-state index in [1.807, 2.05) is 12.1 Å². The maximum atomic E-state index is 13.4. The number of carbonyl (C=O) groups excluding carboxylic acids is 1. The number of halogens is 3. The van der Waals surface area contributed by atoms with E-state index >= 15 is 0 Å². The highest BCUT2D eigenvalue weighted by Crippen LogP contribution is 2.26. The molecule has 0 radical (unpaired) electrons. The first-order valence-corrected chi connectivity index (χ1v) is 12.4. The molecule has 1 aliphatic heterocycles. The predicted molar refractivity (Wildman–Crippen MR) is 139 cm³/mol. The average molecular weight is 544 g/mol. The molecule has 12 heteroatoms. The zero-order chi connectivity index (χ0) is 27.8. The molecule has 1 fully saturated rings. The maximum absolute atomic E-state index is 13.4. The lowest BCUT2D eigenvalue weighted by Gasteiger charge is -2.23. The molecule has 1 aliphatic rings. The zero-order valence-corrected chi connectivity index (χ0v) is 21.0. The number of benzene rings is 1. The number of ether oxygens (including phenoxy) is 1. The Balaban J connectivity index is 1.42. The van der Waals surface area contributed by atoms with Gasteiger partial charge in [0.25, 0.3) is 0 Å². The molecular formula is C27H28F3N5O4. The summed E-state index contributed by atoms with van der Waals surface area (Å²) in [5.41, 5.74) is 2.27. The number of carboxylic acid groups (broad SMARTS) is 1. The molecular weight excluding hydrogens is 515 g/mol. The summed E-state index contributed by atoms with van der Waals surface area (Å²) in [6.45, 7) is 1.06. The number of fused-ring (bicyclic) bond motifs is 1. The summed E-state index contributed by atoms with van der Waals surface area (Å²) < 4.78 is 46.6. The van der Waals surface area contributed by atoms with E-state index in [0.29, 0.717) is 29.2 Å². The maximum Gasteiger partial charge on any atom is 0.406 e. The van der Waals surface area contributed by atoms with E-state index in [0.717, 1.165) is 31.6 Å². The van der Waals surface area contributed by atoms with Crippen molar-refractivity contribution in [2.75, 3.05) is 30.4 Å². The highest BCUT2D eigenvalue weighted by molar-refractivity contribution is 6.00. The van der Waals surface area contributed by atoms with Crippen LogP contribution in [0.3, 0.4) is 0 Å². The van der Waals surface area contributed by atoms with Crippen LogP contribution in [0.2, 0.25) is 0 Å². The number of carbonyl (C=O) groups is 2. The fraction of sp³-hybridized carbons (Fsp3) is 0.370. The zero-order valence-electron chi connectivity index (χ0n) is 21.0. The number of aromatic nitrogens is 2. The number of nitrogens with one attached hydrogen (secondary N) is 3. The highest BCUT2D eigenvalue weighted by atomic mass is 19.4. The first kappa shape index (κ1) is 27.9. The first-order chi connectivity index (χ1) is 18.7. The van der Waals surface area contributed by atoms with Crippen LogP contribution in [0.1, 0.15) is 30.5 Å². The Kier molecular flexibility index (Phi) is 9.06.